The van der Waals surface area contributed by atoms with Gasteiger partial charge in [-0.05, 0) is 36.8 Å². The fraction of sp³-hybridized carbons (Fsp3) is 0.154. The highest BCUT2D eigenvalue weighted by atomic mass is 79.9. The van der Waals surface area contributed by atoms with E-state index in [2.05, 4.69) is 26.2 Å². The van der Waals surface area contributed by atoms with Crippen LogP contribution in [0.3, 0.4) is 0 Å². The van der Waals surface area contributed by atoms with Crippen LogP contribution in [0.1, 0.15) is 11.3 Å². The molecular weight excluding hydrogens is 283 g/mol. The molecule has 2 rings (SSSR count). The second-order valence-corrected chi connectivity index (χ2v) is 4.72. The number of halogens is 2. The van der Waals surface area contributed by atoms with Gasteiger partial charge in [-0.15, -0.1) is 0 Å². The molecule has 0 atom stereocenters. The topological polar surface area (TPSA) is 24.9 Å². The minimum Gasteiger partial charge on any atom is -0.377 e. The molecule has 0 unspecified atom stereocenters. The number of hydrogen-bond acceptors (Lipinski definition) is 2. The van der Waals surface area contributed by atoms with Gasteiger partial charge in [0.25, 0.3) is 0 Å². The molecule has 1 aromatic heterocycles. The summed E-state index contributed by atoms with van der Waals surface area (Å²) in [5.41, 5.74) is 2.48. The lowest BCUT2D eigenvalue weighted by atomic mass is 10.2. The molecule has 2 aromatic rings. The Hall–Kier alpha value is -1.42. The van der Waals surface area contributed by atoms with Gasteiger partial charge in [0.05, 0.1) is 17.9 Å². The van der Waals surface area contributed by atoms with Crippen LogP contribution in [0.25, 0.3) is 0 Å². The number of rotatable bonds is 3. The van der Waals surface area contributed by atoms with Crippen molar-refractivity contribution >= 4 is 21.6 Å². The first-order valence-corrected chi connectivity index (χ1v) is 6.05. The smallest absolute Gasteiger partial charge is 0.147 e. The molecule has 0 aliphatic rings. The summed E-state index contributed by atoms with van der Waals surface area (Å²) in [6, 6.07) is 8.85. The summed E-state index contributed by atoms with van der Waals surface area (Å²) in [6.45, 7) is 2.50. The van der Waals surface area contributed by atoms with E-state index in [1.165, 1.54) is 6.07 Å². The van der Waals surface area contributed by atoms with Crippen molar-refractivity contribution in [1.29, 1.82) is 0 Å². The Labute approximate surface area is 108 Å². The van der Waals surface area contributed by atoms with Crippen molar-refractivity contribution in [2.24, 2.45) is 0 Å². The lowest BCUT2D eigenvalue weighted by Gasteiger charge is -2.07. The number of benzene rings is 1. The molecule has 0 saturated carbocycles. The van der Waals surface area contributed by atoms with E-state index in [1.54, 1.807) is 18.3 Å². The maximum atomic E-state index is 13.5. The summed E-state index contributed by atoms with van der Waals surface area (Å²) in [7, 11) is 0. The van der Waals surface area contributed by atoms with Gasteiger partial charge in [-0.1, -0.05) is 22.0 Å². The SMILES string of the molecule is Cc1ccc(CNc2ccc(Br)cc2F)nc1. The molecule has 0 saturated heterocycles. The van der Waals surface area contributed by atoms with Crippen molar-refractivity contribution in [1.82, 2.24) is 4.98 Å². The number of aryl methyl sites for hydroxylation is 1. The van der Waals surface area contributed by atoms with E-state index in [-0.39, 0.29) is 5.82 Å². The van der Waals surface area contributed by atoms with Crippen LogP contribution < -0.4 is 5.32 Å². The summed E-state index contributed by atoms with van der Waals surface area (Å²) < 4.78 is 14.2. The number of pyridine rings is 1. The van der Waals surface area contributed by atoms with Crippen LogP contribution in [-0.4, -0.2) is 4.98 Å². The molecule has 1 aromatic carbocycles. The molecule has 4 heteroatoms. The Bertz CT molecular complexity index is 511. The first kappa shape index (κ1) is 12.0. The van der Waals surface area contributed by atoms with E-state index < -0.39 is 0 Å². The second-order valence-electron chi connectivity index (χ2n) is 3.80. The monoisotopic (exact) mass is 294 g/mol. The van der Waals surface area contributed by atoms with Crippen LogP contribution >= 0.6 is 15.9 Å². The predicted molar refractivity (Wildman–Crippen MR) is 70.4 cm³/mol. The highest BCUT2D eigenvalue weighted by molar-refractivity contribution is 9.10. The van der Waals surface area contributed by atoms with Gasteiger partial charge in [0, 0.05) is 10.7 Å². The molecule has 0 spiro atoms. The van der Waals surface area contributed by atoms with Gasteiger partial charge >= 0.3 is 0 Å². The normalized spacial score (nSPS) is 10.3. The zero-order valence-electron chi connectivity index (χ0n) is 9.37. The fourth-order valence-corrected chi connectivity index (χ4v) is 1.75. The average molecular weight is 295 g/mol. The van der Waals surface area contributed by atoms with E-state index in [0.717, 1.165) is 15.7 Å². The van der Waals surface area contributed by atoms with Crippen LogP contribution in [0.4, 0.5) is 10.1 Å². The van der Waals surface area contributed by atoms with Crippen LogP contribution in [0.2, 0.25) is 0 Å². The van der Waals surface area contributed by atoms with Gasteiger partial charge in [0.2, 0.25) is 0 Å². The fourth-order valence-electron chi connectivity index (χ4n) is 1.42. The summed E-state index contributed by atoms with van der Waals surface area (Å²) >= 11 is 3.22. The molecular formula is C13H12BrFN2. The van der Waals surface area contributed by atoms with E-state index >= 15 is 0 Å². The summed E-state index contributed by atoms with van der Waals surface area (Å²) in [5.74, 6) is -0.272. The van der Waals surface area contributed by atoms with E-state index in [0.29, 0.717) is 12.2 Å². The Morgan fingerprint density at radius 2 is 2.12 bits per heavy atom. The quantitative estimate of drug-likeness (QED) is 0.928. The molecule has 0 aliphatic carbocycles. The maximum absolute atomic E-state index is 13.5. The molecule has 88 valence electrons. The zero-order chi connectivity index (χ0) is 12.3. The Morgan fingerprint density at radius 3 is 2.76 bits per heavy atom. The van der Waals surface area contributed by atoms with Crippen molar-refractivity contribution in [3.8, 4) is 0 Å². The third-order valence-electron chi connectivity index (χ3n) is 2.36. The first-order chi connectivity index (χ1) is 8.15. The van der Waals surface area contributed by atoms with Crippen molar-refractivity contribution in [3.05, 3.63) is 58.1 Å². The van der Waals surface area contributed by atoms with Crippen LogP contribution in [-0.2, 0) is 6.54 Å². The van der Waals surface area contributed by atoms with Crippen LogP contribution in [0.5, 0.6) is 0 Å². The van der Waals surface area contributed by atoms with Crippen molar-refractivity contribution in [3.63, 3.8) is 0 Å². The molecule has 0 radical (unpaired) electrons. The lowest BCUT2D eigenvalue weighted by molar-refractivity contribution is 0.629. The standard InChI is InChI=1S/C13H12BrFN2/c1-9-2-4-11(16-7-9)8-17-13-5-3-10(14)6-12(13)15/h2-7,17H,8H2,1H3. The summed E-state index contributed by atoms with van der Waals surface area (Å²) in [5, 5.41) is 3.02. The maximum Gasteiger partial charge on any atom is 0.147 e. The Morgan fingerprint density at radius 1 is 1.29 bits per heavy atom. The van der Waals surface area contributed by atoms with Crippen LogP contribution in [0, 0.1) is 12.7 Å². The highest BCUT2D eigenvalue weighted by Gasteiger charge is 2.02. The molecule has 0 fully saturated rings. The van der Waals surface area contributed by atoms with Crippen LogP contribution in [0.15, 0.2) is 41.0 Å². The van der Waals surface area contributed by atoms with Gasteiger partial charge < -0.3 is 5.32 Å². The molecule has 0 amide bonds. The molecule has 0 bridgehead atoms. The summed E-state index contributed by atoms with van der Waals surface area (Å²) in [6.07, 6.45) is 1.80. The van der Waals surface area contributed by atoms with E-state index in [9.17, 15) is 4.39 Å². The number of nitrogens with zero attached hydrogens (tertiary/aromatic N) is 1. The zero-order valence-corrected chi connectivity index (χ0v) is 11.0. The van der Waals surface area contributed by atoms with Crippen molar-refractivity contribution in [2.45, 2.75) is 13.5 Å². The minimum atomic E-state index is -0.272. The van der Waals surface area contributed by atoms with Gasteiger partial charge in [-0.25, -0.2) is 4.39 Å². The molecule has 1 N–H and O–H groups in total. The molecule has 1 heterocycles. The first-order valence-electron chi connectivity index (χ1n) is 5.25. The van der Waals surface area contributed by atoms with E-state index in [1.807, 2.05) is 19.1 Å². The average Bonchev–Trinajstić information content (AvgIpc) is 2.30. The third-order valence-corrected chi connectivity index (χ3v) is 2.86. The minimum absolute atomic E-state index is 0.272. The largest absolute Gasteiger partial charge is 0.377 e. The van der Waals surface area contributed by atoms with Gasteiger partial charge in [0.15, 0.2) is 0 Å². The highest BCUT2D eigenvalue weighted by Crippen LogP contribution is 2.19. The van der Waals surface area contributed by atoms with Crippen molar-refractivity contribution in [2.75, 3.05) is 5.32 Å². The molecule has 2 nitrogen and oxygen atoms in total. The molecule has 0 aliphatic heterocycles. The lowest BCUT2D eigenvalue weighted by Crippen LogP contribution is -2.03. The second kappa shape index (κ2) is 5.27. The Balaban J connectivity index is 2.04. The third kappa shape index (κ3) is 3.27. The molecule has 17 heavy (non-hydrogen) atoms. The van der Waals surface area contributed by atoms with Gasteiger partial charge in [-0.3, -0.25) is 4.98 Å². The number of aromatic nitrogens is 1. The predicted octanol–water partition coefficient (Wildman–Crippen LogP) is 3.90. The number of anilines is 1. The summed E-state index contributed by atoms with van der Waals surface area (Å²) in [4.78, 5) is 4.25. The van der Waals surface area contributed by atoms with Crippen molar-refractivity contribution < 1.29 is 4.39 Å². The van der Waals surface area contributed by atoms with Gasteiger partial charge in [0.1, 0.15) is 5.82 Å². The van der Waals surface area contributed by atoms with E-state index in [4.69, 9.17) is 0 Å². The number of nitrogens with one attached hydrogen (secondary N) is 1. The Kier molecular flexibility index (Phi) is 3.74. The number of hydrogen-bond donors (Lipinski definition) is 1. The van der Waals surface area contributed by atoms with Gasteiger partial charge in [-0.2, -0.15) is 0 Å².